The molecule has 68 valence electrons. The van der Waals surface area contributed by atoms with Gasteiger partial charge in [0, 0.05) is 0 Å². The van der Waals surface area contributed by atoms with Gasteiger partial charge in [0.1, 0.15) is 0 Å². The number of amides is 1. The molecule has 13 heavy (non-hydrogen) atoms. The summed E-state index contributed by atoms with van der Waals surface area (Å²) in [6, 6.07) is 2.89. The van der Waals surface area contributed by atoms with Crippen LogP contribution in [0.15, 0.2) is 12.1 Å². The first kappa shape index (κ1) is 8.04. The average Bonchev–Trinajstić information content (AvgIpc) is 2.45. The third kappa shape index (κ3) is 1.14. The van der Waals surface area contributed by atoms with Crippen LogP contribution in [0.1, 0.15) is 5.56 Å². The summed E-state index contributed by atoms with van der Waals surface area (Å²) in [6.07, 6.45) is 0.298. The van der Waals surface area contributed by atoms with Gasteiger partial charge in [0.15, 0.2) is 11.6 Å². The first-order valence-electron chi connectivity index (χ1n) is 3.87. The van der Waals surface area contributed by atoms with E-state index in [0.717, 1.165) is 5.56 Å². The number of rotatable bonds is 1. The molecule has 1 amide bonds. The van der Waals surface area contributed by atoms with Crippen molar-refractivity contribution in [2.24, 2.45) is 0 Å². The number of benzene rings is 1. The third-order valence-corrected chi connectivity index (χ3v) is 2.02. The molecule has 1 aromatic carbocycles. The van der Waals surface area contributed by atoms with Gasteiger partial charge in [0.25, 0.3) is 0 Å². The van der Waals surface area contributed by atoms with E-state index in [0.29, 0.717) is 12.1 Å². The van der Waals surface area contributed by atoms with Gasteiger partial charge >= 0.3 is 0 Å². The van der Waals surface area contributed by atoms with Crippen molar-refractivity contribution < 1.29 is 13.9 Å². The summed E-state index contributed by atoms with van der Waals surface area (Å²) < 4.78 is 17.9. The van der Waals surface area contributed by atoms with Crippen LogP contribution < -0.4 is 10.1 Å². The van der Waals surface area contributed by atoms with Crippen molar-refractivity contribution in [3.63, 3.8) is 0 Å². The number of halogens is 1. The van der Waals surface area contributed by atoms with Crippen molar-refractivity contribution in [3.05, 3.63) is 23.5 Å². The van der Waals surface area contributed by atoms with Crippen molar-refractivity contribution >= 4 is 11.6 Å². The number of hydrogen-bond acceptors (Lipinski definition) is 2. The standard InChI is InChI=1S/C9H8FNO2/c1-13-9-6(10)3-2-5-4-7(12)11-8(5)9/h2-3H,4H2,1H3,(H,11,12). The molecule has 1 aromatic rings. The van der Waals surface area contributed by atoms with Crippen molar-refractivity contribution in [2.45, 2.75) is 6.42 Å². The van der Waals surface area contributed by atoms with Crippen LogP contribution in [0.2, 0.25) is 0 Å². The number of nitrogens with one attached hydrogen (secondary N) is 1. The Morgan fingerprint density at radius 1 is 1.54 bits per heavy atom. The molecule has 1 aliphatic heterocycles. The fourth-order valence-corrected chi connectivity index (χ4v) is 1.44. The molecule has 2 rings (SSSR count). The van der Waals surface area contributed by atoms with Gasteiger partial charge in [0.05, 0.1) is 19.2 Å². The summed E-state index contributed by atoms with van der Waals surface area (Å²) in [4.78, 5) is 11.0. The number of anilines is 1. The highest BCUT2D eigenvalue weighted by molar-refractivity contribution is 6.00. The lowest BCUT2D eigenvalue weighted by Gasteiger charge is -2.06. The van der Waals surface area contributed by atoms with E-state index in [1.54, 1.807) is 6.07 Å². The largest absolute Gasteiger partial charge is 0.492 e. The Hall–Kier alpha value is -1.58. The van der Waals surface area contributed by atoms with Crippen LogP contribution in [0.4, 0.5) is 10.1 Å². The smallest absolute Gasteiger partial charge is 0.228 e. The summed E-state index contributed by atoms with van der Waals surface area (Å²) in [5, 5.41) is 2.55. The highest BCUT2D eigenvalue weighted by atomic mass is 19.1. The van der Waals surface area contributed by atoms with E-state index in [-0.39, 0.29) is 11.7 Å². The van der Waals surface area contributed by atoms with Crippen LogP contribution in [0, 0.1) is 5.82 Å². The highest BCUT2D eigenvalue weighted by Crippen LogP contribution is 2.35. The minimum atomic E-state index is -0.455. The van der Waals surface area contributed by atoms with E-state index in [1.165, 1.54) is 13.2 Å². The molecule has 1 N–H and O–H groups in total. The maximum atomic E-state index is 13.1. The minimum Gasteiger partial charge on any atom is -0.492 e. The van der Waals surface area contributed by atoms with Gasteiger partial charge in [0.2, 0.25) is 5.91 Å². The van der Waals surface area contributed by atoms with E-state index in [2.05, 4.69) is 5.32 Å². The van der Waals surface area contributed by atoms with Gasteiger partial charge in [-0.3, -0.25) is 4.79 Å². The van der Waals surface area contributed by atoms with E-state index in [4.69, 9.17) is 4.74 Å². The molecule has 0 saturated heterocycles. The SMILES string of the molecule is COc1c(F)ccc2c1NC(=O)C2. The Balaban J connectivity index is 2.58. The lowest BCUT2D eigenvalue weighted by Crippen LogP contribution is -2.04. The van der Waals surface area contributed by atoms with Crippen molar-refractivity contribution in [1.29, 1.82) is 0 Å². The molecule has 0 radical (unpaired) electrons. The van der Waals surface area contributed by atoms with Crippen molar-refractivity contribution in [3.8, 4) is 5.75 Å². The molecule has 0 aromatic heterocycles. The van der Waals surface area contributed by atoms with Gasteiger partial charge in [-0.25, -0.2) is 4.39 Å². The first-order chi connectivity index (χ1) is 6.22. The maximum absolute atomic E-state index is 13.1. The molecule has 0 fully saturated rings. The molecule has 0 unspecified atom stereocenters. The topological polar surface area (TPSA) is 38.3 Å². The molecular formula is C9H8FNO2. The summed E-state index contributed by atoms with van der Waals surface area (Å²) in [5.41, 5.74) is 1.25. The van der Waals surface area contributed by atoms with Crippen LogP contribution in [0.25, 0.3) is 0 Å². The normalized spacial score (nSPS) is 13.8. The predicted molar refractivity (Wildman–Crippen MR) is 45.3 cm³/mol. The van der Waals surface area contributed by atoms with E-state index in [1.807, 2.05) is 0 Å². The Kier molecular flexibility index (Phi) is 1.69. The highest BCUT2D eigenvalue weighted by Gasteiger charge is 2.23. The second-order valence-corrected chi connectivity index (χ2v) is 2.84. The summed E-state index contributed by atoms with van der Waals surface area (Å²) in [6.45, 7) is 0. The molecule has 0 aliphatic carbocycles. The number of ether oxygens (including phenoxy) is 1. The molecule has 1 aliphatic rings. The Morgan fingerprint density at radius 3 is 3.00 bits per heavy atom. The van der Waals surface area contributed by atoms with Crippen molar-refractivity contribution in [2.75, 3.05) is 12.4 Å². The lowest BCUT2D eigenvalue weighted by atomic mass is 10.1. The van der Waals surface area contributed by atoms with Crippen LogP contribution in [-0.4, -0.2) is 13.0 Å². The Morgan fingerprint density at radius 2 is 2.31 bits per heavy atom. The van der Waals surface area contributed by atoms with Gasteiger partial charge in [-0.2, -0.15) is 0 Å². The van der Waals surface area contributed by atoms with Gasteiger partial charge in [-0.05, 0) is 11.6 Å². The van der Waals surface area contributed by atoms with Crippen LogP contribution in [-0.2, 0) is 11.2 Å². The summed E-state index contributed by atoms with van der Waals surface area (Å²) in [7, 11) is 1.38. The molecular weight excluding hydrogens is 173 g/mol. The van der Waals surface area contributed by atoms with Gasteiger partial charge in [-0.15, -0.1) is 0 Å². The zero-order valence-corrected chi connectivity index (χ0v) is 7.06. The predicted octanol–water partition coefficient (Wildman–Crippen LogP) is 1.33. The Labute approximate surface area is 74.5 Å². The quantitative estimate of drug-likeness (QED) is 0.709. The number of hydrogen-bond donors (Lipinski definition) is 1. The van der Waals surface area contributed by atoms with E-state index in [9.17, 15) is 9.18 Å². The second-order valence-electron chi connectivity index (χ2n) is 2.84. The molecule has 1 heterocycles. The number of fused-ring (bicyclic) bond motifs is 1. The van der Waals surface area contributed by atoms with Crippen LogP contribution in [0.5, 0.6) is 5.75 Å². The second kappa shape index (κ2) is 2.73. The zero-order chi connectivity index (χ0) is 9.42. The van der Waals surface area contributed by atoms with E-state index < -0.39 is 5.82 Å². The van der Waals surface area contributed by atoms with Gasteiger partial charge < -0.3 is 10.1 Å². The molecule has 0 bridgehead atoms. The first-order valence-corrected chi connectivity index (χ1v) is 3.87. The summed E-state index contributed by atoms with van der Waals surface area (Å²) in [5.74, 6) is -0.467. The van der Waals surface area contributed by atoms with Crippen LogP contribution >= 0.6 is 0 Å². The molecule has 0 saturated carbocycles. The molecule has 4 heteroatoms. The number of carbonyl (C=O) groups is 1. The fraction of sp³-hybridized carbons (Fsp3) is 0.222. The number of methoxy groups -OCH3 is 1. The zero-order valence-electron chi connectivity index (χ0n) is 7.06. The third-order valence-electron chi connectivity index (χ3n) is 2.02. The molecule has 3 nitrogen and oxygen atoms in total. The summed E-state index contributed by atoms with van der Waals surface area (Å²) >= 11 is 0. The lowest BCUT2D eigenvalue weighted by molar-refractivity contribution is -0.115. The monoisotopic (exact) mass is 181 g/mol. The maximum Gasteiger partial charge on any atom is 0.228 e. The van der Waals surface area contributed by atoms with Crippen LogP contribution in [0.3, 0.4) is 0 Å². The van der Waals surface area contributed by atoms with Gasteiger partial charge in [-0.1, -0.05) is 6.07 Å². The minimum absolute atomic E-state index is 0.114. The van der Waals surface area contributed by atoms with Crippen molar-refractivity contribution in [1.82, 2.24) is 0 Å². The average molecular weight is 181 g/mol. The fourth-order valence-electron chi connectivity index (χ4n) is 1.44. The molecule has 0 spiro atoms. The molecule has 0 atom stereocenters. The number of carbonyl (C=O) groups excluding carboxylic acids is 1. The Bertz CT molecular complexity index is 376. The van der Waals surface area contributed by atoms with E-state index >= 15 is 0 Å².